The van der Waals surface area contributed by atoms with Crippen molar-refractivity contribution in [2.75, 3.05) is 0 Å². The minimum absolute atomic E-state index is 0.646. The second-order valence-corrected chi connectivity index (χ2v) is 2.31. The average molecular weight is 152 g/mol. The molecular formula is C8H12N2O. The van der Waals surface area contributed by atoms with Gasteiger partial charge in [0.1, 0.15) is 0 Å². The van der Waals surface area contributed by atoms with Crippen molar-refractivity contribution in [3.8, 4) is 0 Å². The number of nitrogens with zero attached hydrogens (tertiary/aromatic N) is 2. The van der Waals surface area contributed by atoms with E-state index >= 15 is 0 Å². The Labute approximate surface area is 66.1 Å². The van der Waals surface area contributed by atoms with Crippen LogP contribution < -0.4 is 0 Å². The van der Waals surface area contributed by atoms with Crippen molar-refractivity contribution in [2.24, 2.45) is 0 Å². The van der Waals surface area contributed by atoms with Crippen LogP contribution in [0.1, 0.15) is 32.0 Å². The standard InChI is InChI=1S/C8H12N2O/c1-4-7(5-2)8-9-6(3)10-11-8/h4H,5H2,1-3H3/b7-4-. The smallest absolute Gasteiger partial charge is 0.253 e. The van der Waals surface area contributed by atoms with E-state index in [0.717, 1.165) is 12.0 Å². The van der Waals surface area contributed by atoms with Gasteiger partial charge in [0.05, 0.1) is 0 Å². The Morgan fingerprint density at radius 3 is 2.73 bits per heavy atom. The molecule has 1 heterocycles. The minimum atomic E-state index is 0.646. The molecule has 0 aromatic carbocycles. The van der Waals surface area contributed by atoms with Crippen molar-refractivity contribution >= 4 is 5.57 Å². The molecule has 0 atom stereocenters. The molecule has 0 aliphatic rings. The normalized spacial score (nSPS) is 12.1. The lowest BCUT2D eigenvalue weighted by atomic mass is 10.2. The van der Waals surface area contributed by atoms with Crippen molar-refractivity contribution in [3.63, 3.8) is 0 Å². The van der Waals surface area contributed by atoms with Gasteiger partial charge in [0, 0.05) is 5.57 Å². The highest BCUT2D eigenvalue weighted by Gasteiger charge is 2.05. The van der Waals surface area contributed by atoms with Gasteiger partial charge in [0.2, 0.25) is 0 Å². The maximum atomic E-state index is 4.98. The lowest BCUT2D eigenvalue weighted by Gasteiger charge is -1.92. The quantitative estimate of drug-likeness (QED) is 0.652. The Hall–Kier alpha value is -1.12. The largest absolute Gasteiger partial charge is 0.334 e. The lowest BCUT2D eigenvalue weighted by Crippen LogP contribution is -1.81. The van der Waals surface area contributed by atoms with E-state index in [1.165, 1.54) is 0 Å². The van der Waals surface area contributed by atoms with Gasteiger partial charge >= 0.3 is 0 Å². The summed E-state index contributed by atoms with van der Waals surface area (Å²) in [5.74, 6) is 1.33. The van der Waals surface area contributed by atoms with E-state index in [2.05, 4.69) is 17.1 Å². The van der Waals surface area contributed by atoms with E-state index < -0.39 is 0 Å². The van der Waals surface area contributed by atoms with Crippen LogP contribution in [0.5, 0.6) is 0 Å². The molecule has 3 nitrogen and oxygen atoms in total. The van der Waals surface area contributed by atoms with Gasteiger partial charge in [-0.05, 0) is 20.3 Å². The molecule has 0 bridgehead atoms. The van der Waals surface area contributed by atoms with Crippen LogP contribution in [-0.4, -0.2) is 10.1 Å². The predicted molar refractivity (Wildman–Crippen MR) is 43.0 cm³/mol. The molecule has 1 rings (SSSR count). The monoisotopic (exact) mass is 152 g/mol. The molecule has 0 spiro atoms. The third-order valence-corrected chi connectivity index (χ3v) is 1.53. The summed E-state index contributed by atoms with van der Waals surface area (Å²) in [6, 6.07) is 0. The fourth-order valence-corrected chi connectivity index (χ4v) is 0.906. The van der Waals surface area contributed by atoms with Gasteiger partial charge in [-0.3, -0.25) is 0 Å². The van der Waals surface area contributed by atoms with Crippen LogP contribution >= 0.6 is 0 Å². The van der Waals surface area contributed by atoms with E-state index in [1.807, 2.05) is 19.9 Å². The summed E-state index contributed by atoms with van der Waals surface area (Å²) < 4.78 is 4.98. The Bertz CT molecular complexity index is 263. The fourth-order valence-electron chi connectivity index (χ4n) is 0.906. The van der Waals surface area contributed by atoms with E-state index in [-0.39, 0.29) is 0 Å². The van der Waals surface area contributed by atoms with Gasteiger partial charge in [0.25, 0.3) is 5.89 Å². The summed E-state index contributed by atoms with van der Waals surface area (Å²) >= 11 is 0. The Morgan fingerprint density at radius 1 is 1.64 bits per heavy atom. The number of rotatable bonds is 2. The molecule has 0 saturated carbocycles. The lowest BCUT2D eigenvalue weighted by molar-refractivity contribution is 0.401. The molecule has 0 aliphatic heterocycles. The molecular weight excluding hydrogens is 140 g/mol. The molecule has 0 amide bonds. The van der Waals surface area contributed by atoms with Crippen molar-refractivity contribution in [1.29, 1.82) is 0 Å². The van der Waals surface area contributed by atoms with Crippen LogP contribution in [0.25, 0.3) is 5.57 Å². The van der Waals surface area contributed by atoms with Crippen LogP contribution in [0.4, 0.5) is 0 Å². The molecule has 0 aliphatic carbocycles. The summed E-state index contributed by atoms with van der Waals surface area (Å²) in [5, 5.41) is 3.71. The number of hydrogen-bond donors (Lipinski definition) is 0. The summed E-state index contributed by atoms with van der Waals surface area (Å²) in [6.45, 7) is 5.85. The predicted octanol–water partition coefficient (Wildman–Crippen LogP) is 2.19. The summed E-state index contributed by atoms with van der Waals surface area (Å²) in [4.78, 5) is 4.11. The molecule has 60 valence electrons. The highest BCUT2D eigenvalue weighted by Crippen LogP contribution is 2.14. The van der Waals surface area contributed by atoms with E-state index in [4.69, 9.17) is 4.52 Å². The first kappa shape index (κ1) is 7.98. The zero-order valence-electron chi connectivity index (χ0n) is 7.09. The highest BCUT2D eigenvalue weighted by molar-refractivity contribution is 5.57. The first-order chi connectivity index (χ1) is 5.27. The van der Waals surface area contributed by atoms with E-state index in [9.17, 15) is 0 Å². The summed E-state index contributed by atoms with van der Waals surface area (Å²) in [6.07, 6.45) is 2.92. The molecule has 1 aromatic heterocycles. The van der Waals surface area contributed by atoms with Crippen molar-refractivity contribution in [1.82, 2.24) is 10.1 Å². The number of aromatic nitrogens is 2. The second kappa shape index (κ2) is 3.32. The molecule has 0 N–H and O–H groups in total. The number of aryl methyl sites for hydroxylation is 1. The Balaban J connectivity index is 2.91. The van der Waals surface area contributed by atoms with Crippen LogP contribution in [-0.2, 0) is 0 Å². The topological polar surface area (TPSA) is 38.9 Å². The third-order valence-electron chi connectivity index (χ3n) is 1.53. The van der Waals surface area contributed by atoms with Crippen LogP contribution in [0.2, 0.25) is 0 Å². The first-order valence-corrected chi connectivity index (χ1v) is 3.73. The number of hydrogen-bond acceptors (Lipinski definition) is 3. The average Bonchev–Trinajstić information content (AvgIpc) is 2.39. The molecule has 11 heavy (non-hydrogen) atoms. The van der Waals surface area contributed by atoms with Crippen LogP contribution in [0, 0.1) is 6.92 Å². The molecule has 1 aromatic rings. The maximum absolute atomic E-state index is 4.98. The Kier molecular flexibility index (Phi) is 2.41. The van der Waals surface area contributed by atoms with Gasteiger partial charge in [0.15, 0.2) is 5.82 Å². The SMILES string of the molecule is C/C=C(/CC)c1nc(C)no1. The zero-order chi connectivity index (χ0) is 8.27. The molecule has 0 radical (unpaired) electrons. The minimum Gasteiger partial charge on any atom is -0.334 e. The summed E-state index contributed by atoms with van der Waals surface area (Å²) in [7, 11) is 0. The fraction of sp³-hybridized carbons (Fsp3) is 0.500. The van der Waals surface area contributed by atoms with Crippen LogP contribution in [0.3, 0.4) is 0 Å². The van der Waals surface area contributed by atoms with Crippen molar-refractivity contribution in [3.05, 3.63) is 17.8 Å². The molecule has 3 heteroatoms. The van der Waals surface area contributed by atoms with Crippen molar-refractivity contribution in [2.45, 2.75) is 27.2 Å². The van der Waals surface area contributed by atoms with Gasteiger partial charge in [-0.2, -0.15) is 4.98 Å². The maximum Gasteiger partial charge on any atom is 0.253 e. The van der Waals surface area contributed by atoms with Gasteiger partial charge < -0.3 is 4.52 Å². The zero-order valence-corrected chi connectivity index (χ0v) is 7.09. The molecule has 0 saturated heterocycles. The van der Waals surface area contributed by atoms with Crippen molar-refractivity contribution < 1.29 is 4.52 Å². The Morgan fingerprint density at radius 2 is 2.36 bits per heavy atom. The summed E-state index contributed by atoms with van der Waals surface area (Å²) in [5.41, 5.74) is 1.10. The highest BCUT2D eigenvalue weighted by atomic mass is 16.5. The van der Waals surface area contributed by atoms with E-state index in [0.29, 0.717) is 11.7 Å². The molecule has 0 unspecified atom stereocenters. The number of allylic oxidation sites excluding steroid dienone is 2. The van der Waals surface area contributed by atoms with Crippen LogP contribution in [0.15, 0.2) is 10.6 Å². The molecule has 0 fully saturated rings. The van der Waals surface area contributed by atoms with E-state index in [1.54, 1.807) is 0 Å². The van der Waals surface area contributed by atoms with Gasteiger partial charge in [-0.1, -0.05) is 18.2 Å². The second-order valence-electron chi connectivity index (χ2n) is 2.31. The van der Waals surface area contributed by atoms with Gasteiger partial charge in [-0.25, -0.2) is 0 Å². The first-order valence-electron chi connectivity index (χ1n) is 3.73. The van der Waals surface area contributed by atoms with Gasteiger partial charge in [-0.15, -0.1) is 0 Å². The third kappa shape index (κ3) is 1.67.